The zero-order valence-corrected chi connectivity index (χ0v) is 16.6. The first-order chi connectivity index (χ1) is 13.8. The fourth-order valence-corrected chi connectivity index (χ4v) is 3.26. The standard InChI is InChI=1S/C18H20N2O8S/c1-26-16(21)11-20(12-17(22)27-2)18(23)13-5-7-15(8-6-13)29(24,25)19-10-14-4-3-9-28-14/h3-9,19H,10-12H2,1-2H3. The average molecular weight is 424 g/mol. The topological polar surface area (TPSA) is 132 Å². The van der Waals surface area contributed by atoms with Gasteiger partial charge in [0, 0.05) is 5.56 Å². The molecule has 156 valence electrons. The lowest BCUT2D eigenvalue weighted by molar-refractivity contribution is -0.144. The van der Waals surface area contributed by atoms with E-state index in [0.29, 0.717) is 5.76 Å². The molecule has 0 saturated carbocycles. The van der Waals surface area contributed by atoms with E-state index in [1.165, 1.54) is 30.5 Å². The molecule has 29 heavy (non-hydrogen) atoms. The molecule has 0 aliphatic carbocycles. The van der Waals surface area contributed by atoms with Gasteiger partial charge in [-0.2, -0.15) is 0 Å². The number of hydrogen-bond acceptors (Lipinski definition) is 8. The Kier molecular flexibility index (Phi) is 7.51. The maximum Gasteiger partial charge on any atom is 0.325 e. The van der Waals surface area contributed by atoms with E-state index < -0.39 is 41.0 Å². The molecule has 1 amide bonds. The third-order valence-corrected chi connectivity index (χ3v) is 5.23. The van der Waals surface area contributed by atoms with Gasteiger partial charge in [0.05, 0.1) is 31.9 Å². The second-order valence-electron chi connectivity index (χ2n) is 5.74. The van der Waals surface area contributed by atoms with Crippen molar-refractivity contribution >= 4 is 27.9 Å². The van der Waals surface area contributed by atoms with Crippen molar-refractivity contribution in [2.45, 2.75) is 11.4 Å². The lowest BCUT2D eigenvalue weighted by atomic mass is 10.2. The van der Waals surface area contributed by atoms with E-state index in [1.807, 2.05) is 0 Å². The normalized spacial score (nSPS) is 11.0. The Labute approximate surface area is 167 Å². The Morgan fingerprint density at radius 2 is 1.59 bits per heavy atom. The van der Waals surface area contributed by atoms with Crippen LogP contribution >= 0.6 is 0 Å². The lowest BCUT2D eigenvalue weighted by Gasteiger charge is -2.20. The molecule has 0 aliphatic rings. The molecule has 0 spiro atoms. The first-order valence-corrected chi connectivity index (χ1v) is 9.80. The van der Waals surface area contributed by atoms with Gasteiger partial charge in [-0.25, -0.2) is 13.1 Å². The van der Waals surface area contributed by atoms with Gasteiger partial charge in [-0.15, -0.1) is 0 Å². The molecule has 11 heteroatoms. The Morgan fingerprint density at radius 3 is 2.07 bits per heavy atom. The van der Waals surface area contributed by atoms with Crippen molar-refractivity contribution in [1.82, 2.24) is 9.62 Å². The molecule has 1 aromatic carbocycles. The van der Waals surface area contributed by atoms with Crippen LogP contribution in [0.25, 0.3) is 0 Å². The van der Waals surface area contributed by atoms with Gasteiger partial charge < -0.3 is 18.8 Å². The molecule has 2 rings (SSSR count). The van der Waals surface area contributed by atoms with Crippen LogP contribution in [0.5, 0.6) is 0 Å². The molecule has 0 aliphatic heterocycles. The van der Waals surface area contributed by atoms with Crippen LogP contribution in [-0.2, 0) is 35.6 Å². The summed E-state index contributed by atoms with van der Waals surface area (Å²) in [6.45, 7) is -0.952. The number of amides is 1. The fraction of sp³-hybridized carbons (Fsp3) is 0.278. The number of sulfonamides is 1. The predicted octanol–water partition coefficient (Wildman–Crippen LogP) is 0.546. The minimum Gasteiger partial charge on any atom is -0.468 e. The van der Waals surface area contributed by atoms with Crippen molar-refractivity contribution in [3.05, 3.63) is 54.0 Å². The van der Waals surface area contributed by atoms with Gasteiger partial charge in [0.2, 0.25) is 10.0 Å². The van der Waals surface area contributed by atoms with Gasteiger partial charge in [0.25, 0.3) is 5.91 Å². The largest absolute Gasteiger partial charge is 0.468 e. The van der Waals surface area contributed by atoms with Gasteiger partial charge >= 0.3 is 11.9 Å². The SMILES string of the molecule is COC(=O)CN(CC(=O)OC)C(=O)c1ccc(S(=O)(=O)NCc2ccco2)cc1. The lowest BCUT2D eigenvalue weighted by Crippen LogP contribution is -2.40. The van der Waals surface area contributed by atoms with Crippen LogP contribution in [0.3, 0.4) is 0 Å². The van der Waals surface area contributed by atoms with Gasteiger partial charge in [-0.3, -0.25) is 14.4 Å². The molecule has 2 aromatic rings. The number of nitrogens with one attached hydrogen (secondary N) is 1. The number of rotatable bonds is 9. The molecule has 1 aromatic heterocycles. The zero-order valence-electron chi connectivity index (χ0n) is 15.8. The van der Waals surface area contributed by atoms with Crippen LogP contribution < -0.4 is 4.72 Å². The Hall–Kier alpha value is -3.18. The van der Waals surface area contributed by atoms with Crippen LogP contribution in [0, 0.1) is 0 Å². The van der Waals surface area contributed by atoms with E-state index in [0.717, 1.165) is 19.1 Å². The van der Waals surface area contributed by atoms with Crippen molar-refractivity contribution in [3.8, 4) is 0 Å². The highest BCUT2D eigenvalue weighted by molar-refractivity contribution is 7.89. The van der Waals surface area contributed by atoms with Gasteiger partial charge in [-0.1, -0.05) is 0 Å². The van der Waals surface area contributed by atoms with Gasteiger partial charge in [-0.05, 0) is 36.4 Å². The molecular formula is C18H20N2O8S. The Morgan fingerprint density at radius 1 is 1.00 bits per heavy atom. The Balaban J connectivity index is 2.14. The van der Waals surface area contributed by atoms with E-state index in [1.54, 1.807) is 12.1 Å². The number of methoxy groups -OCH3 is 2. The molecule has 0 atom stereocenters. The number of benzene rings is 1. The maximum atomic E-state index is 12.6. The van der Waals surface area contributed by atoms with E-state index in [4.69, 9.17) is 4.42 Å². The van der Waals surface area contributed by atoms with Crippen molar-refractivity contribution < 1.29 is 36.7 Å². The second kappa shape index (κ2) is 9.85. The summed E-state index contributed by atoms with van der Waals surface area (Å²) < 4.78 is 41.2. The van der Waals surface area contributed by atoms with Gasteiger partial charge in [0.15, 0.2) is 0 Å². The number of furan rings is 1. The van der Waals surface area contributed by atoms with E-state index in [-0.39, 0.29) is 17.0 Å². The number of esters is 2. The minimum atomic E-state index is -3.83. The molecule has 1 heterocycles. The predicted molar refractivity (Wildman–Crippen MR) is 99.1 cm³/mol. The van der Waals surface area contributed by atoms with Crippen molar-refractivity contribution in [2.24, 2.45) is 0 Å². The number of nitrogens with zero attached hydrogens (tertiary/aromatic N) is 1. The van der Waals surface area contributed by atoms with Crippen molar-refractivity contribution in [3.63, 3.8) is 0 Å². The van der Waals surface area contributed by atoms with Gasteiger partial charge in [0.1, 0.15) is 18.8 Å². The van der Waals surface area contributed by atoms with Crippen LogP contribution in [0.4, 0.5) is 0 Å². The molecule has 0 fully saturated rings. The average Bonchev–Trinajstić information content (AvgIpc) is 3.25. The minimum absolute atomic E-state index is 0.0257. The number of ether oxygens (including phenoxy) is 2. The highest BCUT2D eigenvalue weighted by Gasteiger charge is 2.23. The highest BCUT2D eigenvalue weighted by Crippen LogP contribution is 2.13. The fourth-order valence-electron chi connectivity index (χ4n) is 2.26. The first-order valence-electron chi connectivity index (χ1n) is 8.32. The summed E-state index contributed by atoms with van der Waals surface area (Å²) in [6, 6.07) is 8.31. The van der Waals surface area contributed by atoms with Crippen molar-refractivity contribution in [1.29, 1.82) is 0 Å². The van der Waals surface area contributed by atoms with E-state index in [2.05, 4.69) is 14.2 Å². The highest BCUT2D eigenvalue weighted by atomic mass is 32.2. The third-order valence-electron chi connectivity index (χ3n) is 3.81. The molecule has 0 radical (unpaired) electrons. The smallest absolute Gasteiger partial charge is 0.325 e. The summed E-state index contributed by atoms with van der Waals surface area (Å²) in [7, 11) is -1.53. The summed E-state index contributed by atoms with van der Waals surface area (Å²) in [5.41, 5.74) is 0.0859. The maximum absolute atomic E-state index is 12.6. The number of carbonyl (C=O) groups excluding carboxylic acids is 3. The number of carbonyl (C=O) groups is 3. The monoisotopic (exact) mass is 424 g/mol. The molecule has 0 saturated heterocycles. The summed E-state index contributed by atoms with van der Waals surface area (Å²) in [5, 5.41) is 0. The quantitative estimate of drug-likeness (QED) is 0.577. The zero-order chi connectivity index (χ0) is 21.4. The molecular weight excluding hydrogens is 404 g/mol. The molecule has 0 bridgehead atoms. The van der Waals surface area contributed by atoms with Crippen LogP contribution in [-0.4, -0.2) is 58.5 Å². The molecule has 0 unspecified atom stereocenters. The summed E-state index contributed by atoms with van der Waals surface area (Å²) in [6.07, 6.45) is 1.43. The van der Waals surface area contributed by atoms with Crippen molar-refractivity contribution in [2.75, 3.05) is 27.3 Å². The third kappa shape index (κ3) is 6.16. The summed E-state index contributed by atoms with van der Waals surface area (Å²) in [5.74, 6) is -1.65. The van der Waals surface area contributed by atoms with E-state index in [9.17, 15) is 22.8 Å². The van der Waals surface area contributed by atoms with Crippen LogP contribution in [0.2, 0.25) is 0 Å². The molecule has 10 nitrogen and oxygen atoms in total. The second-order valence-corrected chi connectivity index (χ2v) is 7.51. The number of hydrogen-bond donors (Lipinski definition) is 1. The van der Waals surface area contributed by atoms with Crippen LogP contribution in [0.1, 0.15) is 16.1 Å². The summed E-state index contributed by atoms with van der Waals surface area (Å²) >= 11 is 0. The summed E-state index contributed by atoms with van der Waals surface area (Å²) in [4.78, 5) is 36.5. The molecule has 1 N–H and O–H groups in total. The van der Waals surface area contributed by atoms with E-state index >= 15 is 0 Å². The first kappa shape index (κ1) is 22.1. The Bertz CT molecular complexity index is 934. The van der Waals surface area contributed by atoms with Crippen LogP contribution in [0.15, 0.2) is 52.0 Å².